The van der Waals surface area contributed by atoms with Crippen LogP contribution in [0.15, 0.2) is 0 Å². The van der Waals surface area contributed by atoms with Gasteiger partial charge in [-0.1, -0.05) is 0 Å². The van der Waals surface area contributed by atoms with Crippen LogP contribution in [0.25, 0.3) is 0 Å². The fourth-order valence-electron chi connectivity index (χ4n) is 3.02. The average molecular weight is 279 g/mol. The van der Waals surface area contributed by atoms with Gasteiger partial charge in [0.15, 0.2) is 10.9 Å². The van der Waals surface area contributed by atoms with Gasteiger partial charge < -0.3 is 9.80 Å². The second-order valence-corrected chi connectivity index (χ2v) is 6.76. The molecular formula is C14H21N3OS. The van der Waals surface area contributed by atoms with Crippen LogP contribution < -0.4 is 4.90 Å². The number of likely N-dealkylation sites (tertiary alicyclic amines) is 1. The predicted molar refractivity (Wildman–Crippen MR) is 78.3 cm³/mol. The normalized spacial score (nSPS) is 23.7. The lowest BCUT2D eigenvalue weighted by molar-refractivity contribution is 0.0968. The zero-order valence-electron chi connectivity index (χ0n) is 11.7. The van der Waals surface area contributed by atoms with E-state index in [4.69, 9.17) is 0 Å². The van der Waals surface area contributed by atoms with Gasteiger partial charge in [0.05, 0.1) is 0 Å². The minimum absolute atomic E-state index is 0.232. The lowest BCUT2D eigenvalue weighted by Crippen LogP contribution is -2.36. The molecule has 104 valence electrons. The van der Waals surface area contributed by atoms with Crippen LogP contribution in [-0.2, 0) is 6.42 Å². The Kier molecular flexibility index (Phi) is 3.58. The molecule has 1 fully saturated rings. The molecule has 1 atom stereocenters. The van der Waals surface area contributed by atoms with E-state index < -0.39 is 0 Å². The van der Waals surface area contributed by atoms with Gasteiger partial charge in [-0.05, 0) is 39.3 Å². The number of fused-ring (bicyclic) bond motifs is 1. The molecule has 1 aliphatic heterocycles. The van der Waals surface area contributed by atoms with Crippen molar-refractivity contribution in [3.8, 4) is 0 Å². The fourth-order valence-corrected chi connectivity index (χ4v) is 4.11. The first-order valence-corrected chi connectivity index (χ1v) is 7.91. The standard InChI is InChI=1S/C14H21N3OS/c1-16-8-4-5-10(16)9-17(2)14-15-13-11(18)6-3-7-12(13)19-14/h10H,3-9H2,1-2H3. The lowest BCUT2D eigenvalue weighted by Gasteiger charge is -2.25. The highest BCUT2D eigenvalue weighted by molar-refractivity contribution is 7.16. The summed E-state index contributed by atoms with van der Waals surface area (Å²) < 4.78 is 0. The van der Waals surface area contributed by atoms with E-state index in [0.717, 1.165) is 30.2 Å². The Bertz CT molecular complexity index is 485. The summed E-state index contributed by atoms with van der Waals surface area (Å²) in [6.45, 7) is 2.21. The first kappa shape index (κ1) is 13.1. The molecule has 1 aromatic rings. The minimum Gasteiger partial charge on any atom is -0.350 e. The van der Waals surface area contributed by atoms with Gasteiger partial charge in [-0.2, -0.15) is 0 Å². The largest absolute Gasteiger partial charge is 0.350 e. The van der Waals surface area contributed by atoms with Crippen LogP contribution in [0.1, 0.15) is 41.0 Å². The van der Waals surface area contributed by atoms with Crippen LogP contribution in [0.5, 0.6) is 0 Å². The first-order chi connectivity index (χ1) is 9.15. The molecule has 19 heavy (non-hydrogen) atoms. The summed E-state index contributed by atoms with van der Waals surface area (Å²) in [5, 5.41) is 1.01. The van der Waals surface area contributed by atoms with Crippen LogP contribution in [0.4, 0.5) is 5.13 Å². The van der Waals surface area contributed by atoms with E-state index in [-0.39, 0.29) is 5.78 Å². The fraction of sp³-hybridized carbons (Fsp3) is 0.714. The molecule has 0 radical (unpaired) electrons. The van der Waals surface area contributed by atoms with Crippen molar-refractivity contribution in [2.75, 3.05) is 32.1 Å². The molecule has 4 nitrogen and oxygen atoms in total. The number of thiazole rings is 1. The number of ketones is 1. The van der Waals surface area contributed by atoms with Crippen LogP contribution in [0.2, 0.25) is 0 Å². The molecular weight excluding hydrogens is 258 g/mol. The van der Waals surface area contributed by atoms with E-state index in [1.807, 2.05) is 0 Å². The van der Waals surface area contributed by atoms with Crippen molar-refractivity contribution >= 4 is 22.3 Å². The lowest BCUT2D eigenvalue weighted by atomic mass is 10.0. The van der Waals surface area contributed by atoms with Gasteiger partial charge in [0.1, 0.15) is 5.69 Å². The minimum atomic E-state index is 0.232. The number of carbonyl (C=O) groups is 1. The Balaban J connectivity index is 1.73. The molecule has 1 saturated heterocycles. The number of aromatic nitrogens is 1. The second-order valence-electron chi connectivity index (χ2n) is 5.70. The van der Waals surface area contributed by atoms with E-state index in [2.05, 4.69) is 28.9 Å². The predicted octanol–water partition coefficient (Wildman–Crippen LogP) is 2.19. The Morgan fingerprint density at radius 3 is 2.95 bits per heavy atom. The molecule has 5 heteroatoms. The highest BCUT2D eigenvalue weighted by atomic mass is 32.1. The number of hydrogen-bond donors (Lipinski definition) is 0. The van der Waals surface area contributed by atoms with Gasteiger partial charge >= 0.3 is 0 Å². The van der Waals surface area contributed by atoms with Gasteiger partial charge in [0.2, 0.25) is 0 Å². The van der Waals surface area contributed by atoms with Crippen molar-refractivity contribution in [3.05, 3.63) is 10.6 Å². The van der Waals surface area contributed by atoms with Crippen molar-refractivity contribution in [2.24, 2.45) is 0 Å². The van der Waals surface area contributed by atoms with E-state index in [1.165, 1.54) is 24.3 Å². The molecule has 0 saturated carbocycles. The van der Waals surface area contributed by atoms with Crippen LogP contribution >= 0.6 is 11.3 Å². The Morgan fingerprint density at radius 1 is 1.42 bits per heavy atom. The van der Waals surface area contributed by atoms with Crippen LogP contribution in [-0.4, -0.2) is 48.9 Å². The molecule has 1 unspecified atom stereocenters. The zero-order valence-corrected chi connectivity index (χ0v) is 12.5. The van der Waals surface area contributed by atoms with Crippen molar-refractivity contribution in [3.63, 3.8) is 0 Å². The maximum absolute atomic E-state index is 11.8. The molecule has 2 aliphatic rings. The summed E-state index contributed by atoms with van der Waals surface area (Å²) in [4.78, 5) is 22.3. The molecule has 0 N–H and O–H groups in total. The highest BCUT2D eigenvalue weighted by Gasteiger charge is 2.26. The number of rotatable bonds is 3. The third-order valence-electron chi connectivity index (χ3n) is 4.24. The van der Waals surface area contributed by atoms with Gasteiger partial charge in [0, 0.05) is 30.9 Å². The number of carbonyl (C=O) groups excluding carboxylic acids is 1. The summed E-state index contributed by atoms with van der Waals surface area (Å²) in [6, 6.07) is 0.627. The van der Waals surface area contributed by atoms with Gasteiger partial charge in [-0.15, -0.1) is 11.3 Å². The third kappa shape index (κ3) is 2.54. The number of Topliss-reactive ketones (excluding diaryl/α,β-unsaturated/α-hetero) is 1. The van der Waals surface area contributed by atoms with Crippen LogP contribution in [0, 0.1) is 0 Å². The van der Waals surface area contributed by atoms with Crippen molar-refractivity contribution in [1.29, 1.82) is 0 Å². The molecule has 1 aromatic heterocycles. The topological polar surface area (TPSA) is 36.4 Å². The molecule has 2 heterocycles. The van der Waals surface area contributed by atoms with E-state index in [1.54, 1.807) is 11.3 Å². The van der Waals surface area contributed by atoms with Gasteiger partial charge in [0.25, 0.3) is 0 Å². The third-order valence-corrected chi connectivity index (χ3v) is 5.47. The molecule has 0 aromatic carbocycles. The Hall–Kier alpha value is -0.940. The van der Waals surface area contributed by atoms with Crippen molar-refractivity contribution in [1.82, 2.24) is 9.88 Å². The quantitative estimate of drug-likeness (QED) is 0.850. The Labute approximate surface area is 118 Å². The zero-order chi connectivity index (χ0) is 13.4. The van der Waals surface area contributed by atoms with Crippen LogP contribution in [0.3, 0.4) is 0 Å². The summed E-state index contributed by atoms with van der Waals surface area (Å²) in [5.41, 5.74) is 0.748. The summed E-state index contributed by atoms with van der Waals surface area (Å²) in [7, 11) is 4.29. The number of likely N-dealkylation sites (N-methyl/N-ethyl adjacent to an activating group) is 2. The monoisotopic (exact) mass is 279 g/mol. The number of hydrogen-bond acceptors (Lipinski definition) is 5. The summed E-state index contributed by atoms with van der Waals surface area (Å²) >= 11 is 1.71. The Morgan fingerprint density at radius 2 is 2.26 bits per heavy atom. The maximum atomic E-state index is 11.8. The van der Waals surface area contributed by atoms with E-state index in [9.17, 15) is 4.79 Å². The highest BCUT2D eigenvalue weighted by Crippen LogP contribution is 2.31. The van der Waals surface area contributed by atoms with Gasteiger partial charge in [-0.25, -0.2) is 4.98 Å². The van der Waals surface area contributed by atoms with Crippen molar-refractivity contribution in [2.45, 2.75) is 38.1 Å². The summed E-state index contributed by atoms with van der Waals surface area (Å²) in [6.07, 6.45) is 5.25. The number of aryl methyl sites for hydroxylation is 1. The molecule has 3 rings (SSSR count). The maximum Gasteiger partial charge on any atom is 0.186 e. The number of nitrogens with zero attached hydrogens (tertiary/aromatic N) is 3. The van der Waals surface area contributed by atoms with E-state index >= 15 is 0 Å². The summed E-state index contributed by atoms with van der Waals surface area (Å²) in [5.74, 6) is 0.232. The average Bonchev–Trinajstić information content (AvgIpc) is 2.97. The molecule has 1 aliphatic carbocycles. The molecule has 0 bridgehead atoms. The van der Waals surface area contributed by atoms with Crippen molar-refractivity contribution < 1.29 is 4.79 Å². The van der Waals surface area contributed by atoms with E-state index in [0.29, 0.717) is 12.5 Å². The first-order valence-electron chi connectivity index (χ1n) is 7.09. The molecule has 0 spiro atoms. The second kappa shape index (κ2) is 5.21. The molecule has 0 amide bonds. The smallest absolute Gasteiger partial charge is 0.186 e. The van der Waals surface area contributed by atoms with Gasteiger partial charge in [-0.3, -0.25) is 4.79 Å². The number of anilines is 1. The SMILES string of the molecule is CN(CC1CCCN1C)c1nc2c(s1)CCCC2=O.